The van der Waals surface area contributed by atoms with Crippen LogP contribution in [0, 0.1) is 5.41 Å². The summed E-state index contributed by atoms with van der Waals surface area (Å²) in [6.07, 6.45) is 0.664. The first kappa shape index (κ1) is 28.6. The number of carbonyl (C=O) groups excluding carboxylic acids is 3. The second-order valence-corrected chi connectivity index (χ2v) is 10.3. The van der Waals surface area contributed by atoms with Crippen molar-refractivity contribution in [3.8, 4) is 11.5 Å². The molecule has 2 atom stereocenters. The number of rotatable bonds is 13. The van der Waals surface area contributed by atoms with Gasteiger partial charge in [-0.3, -0.25) is 19.8 Å². The molecule has 3 aromatic rings. The Balaban J connectivity index is 1.30. The number of nitrogens with zero attached hydrogens (tertiary/aromatic N) is 1. The highest BCUT2D eigenvalue weighted by atomic mass is 32.1. The van der Waals surface area contributed by atoms with Crippen LogP contribution in [0.25, 0.3) is 0 Å². The maximum absolute atomic E-state index is 13.2. The fourth-order valence-corrected chi connectivity index (χ4v) is 5.13. The number of likely N-dealkylation sites (tertiary alicyclic amines) is 1. The lowest BCUT2D eigenvalue weighted by Gasteiger charge is -2.23. The van der Waals surface area contributed by atoms with Gasteiger partial charge in [0.1, 0.15) is 29.5 Å². The number of hydrogen-bond acceptors (Lipinski definition) is 7. The smallest absolute Gasteiger partial charge is 0.243 e. The number of thiophene rings is 1. The van der Waals surface area contributed by atoms with E-state index in [9.17, 15) is 14.4 Å². The predicted octanol–water partition coefficient (Wildman–Crippen LogP) is 2.67. The minimum Gasteiger partial charge on any atom is -0.494 e. The van der Waals surface area contributed by atoms with Gasteiger partial charge >= 0.3 is 0 Å². The van der Waals surface area contributed by atoms with Gasteiger partial charge in [-0.2, -0.15) is 0 Å². The fraction of sp³-hybridized carbons (Fsp3) is 0.310. The van der Waals surface area contributed by atoms with Gasteiger partial charge in [-0.1, -0.05) is 36.4 Å². The molecule has 0 spiro atoms. The van der Waals surface area contributed by atoms with Crippen molar-refractivity contribution in [3.63, 3.8) is 0 Å². The molecule has 0 bridgehead atoms. The average Bonchev–Trinajstić information content (AvgIpc) is 3.62. The Kier molecular flexibility index (Phi) is 10.1. The summed E-state index contributed by atoms with van der Waals surface area (Å²) in [5.74, 6) is 0.427. The van der Waals surface area contributed by atoms with Crippen LogP contribution in [0.1, 0.15) is 29.7 Å². The molecule has 1 aliphatic heterocycles. The van der Waals surface area contributed by atoms with Crippen molar-refractivity contribution >= 4 is 34.9 Å². The minimum absolute atomic E-state index is 0.0342. The van der Waals surface area contributed by atoms with Gasteiger partial charge in [0, 0.05) is 28.7 Å². The summed E-state index contributed by atoms with van der Waals surface area (Å²) in [6, 6.07) is 19.6. The van der Waals surface area contributed by atoms with E-state index in [4.69, 9.17) is 20.6 Å². The molecule has 1 fully saturated rings. The molecule has 0 saturated carbocycles. The van der Waals surface area contributed by atoms with Crippen molar-refractivity contribution in [1.29, 1.82) is 5.41 Å². The van der Waals surface area contributed by atoms with Crippen LogP contribution in [0.5, 0.6) is 11.5 Å². The molecule has 11 heteroatoms. The SMILES string of the molecule is N=C(N)c1csc(CNC(=O)[C@@H]2C[C@@H](Oc3ccccc3)CN2C(=O)CNC(=O)CCCOc2ccccc2)c1. The molecule has 2 aromatic carbocycles. The Morgan fingerprint density at radius 3 is 2.40 bits per heavy atom. The topological polar surface area (TPSA) is 147 Å². The standard InChI is InChI=1S/C29H33N5O5S/c30-28(31)20-14-24(40-19-20)16-33-29(37)25-15-23(39-22-10-5-2-6-11-22)18-34(25)27(36)17-32-26(35)12-7-13-38-21-8-3-1-4-9-21/h1-6,8-11,14,19,23,25H,7,12-13,15-18H2,(H3,30,31)(H,32,35)(H,33,37)/t23-,25+/m1/s1. The highest BCUT2D eigenvalue weighted by Gasteiger charge is 2.40. The molecule has 1 aromatic heterocycles. The lowest BCUT2D eigenvalue weighted by Crippen LogP contribution is -2.48. The average molecular weight is 564 g/mol. The minimum atomic E-state index is -0.746. The van der Waals surface area contributed by atoms with Gasteiger partial charge in [0.05, 0.1) is 26.2 Å². The summed E-state index contributed by atoms with van der Waals surface area (Å²) >= 11 is 1.39. The molecule has 0 radical (unpaired) electrons. The summed E-state index contributed by atoms with van der Waals surface area (Å²) < 4.78 is 11.6. The normalized spacial score (nSPS) is 16.2. The summed E-state index contributed by atoms with van der Waals surface area (Å²) in [6.45, 7) is 0.644. The molecular formula is C29H33N5O5S. The second-order valence-electron chi connectivity index (χ2n) is 9.33. The monoisotopic (exact) mass is 563 g/mol. The van der Waals surface area contributed by atoms with E-state index in [1.54, 1.807) is 11.4 Å². The van der Waals surface area contributed by atoms with Gasteiger partial charge in [-0.15, -0.1) is 11.3 Å². The van der Waals surface area contributed by atoms with Gasteiger partial charge in [0.15, 0.2) is 0 Å². The highest BCUT2D eigenvalue weighted by Crippen LogP contribution is 2.24. The number of hydrogen-bond donors (Lipinski definition) is 4. The van der Waals surface area contributed by atoms with Crippen molar-refractivity contribution in [3.05, 3.63) is 82.6 Å². The van der Waals surface area contributed by atoms with Crippen LogP contribution in [-0.2, 0) is 20.9 Å². The number of ether oxygens (including phenoxy) is 2. The molecule has 0 unspecified atom stereocenters. The molecule has 1 saturated heterocycles. The lowest BCUT2D eigenvalue weighted by atomic mass is 10.1. The number of amides is 3. The number of carbonyl (C=O) groups is 3. The zero-order valence-electron chi connectivity index (χ0n) is 22.0. The van der Waals surface area contributed by atoms with Crippen molar-refractivity contribution in [1.82, 2.24) is 15.5 Å². The Labute approximate surface area is 237 Å². The van der Waals surface area contributed by atoms with E-state index >= 15 is 0 Å². The Morgan fingerprint density at radius 2 is 1.73 bits per heavy atom. The van der Waals surface area contributed by atoms with E-state index in [1.165, 1.54) is 16.2 Å². The Bertz CT molecular complexity index is 1300. The van der Waals surface area contributed by atoms with E-state index in [0.717, 1.165) is 10.6 Å². The van der Waals surface area contributed by atoms with E-state index in [1.807, 2.05) is 60.7 Å². The first-order chi connectivity index (χ1) is 19.4. The molecule has 3 amide bonds. The van der Waals surface area contributed by atoms with Gasteiger partial charge in [-0.05, 0) is 36.8 Å². The van der Waals surface area contributed by atoms with E-state index < -0.39 is 6.04 Å². The van der Waals surface area contributed by atoms with Crippen molar-refractivity contribution in [2.24, 2.45) is 5.73 Å². The molecule has 210 valence electrons. The van der Waals surface area contributed by atoms with Crippen molar-refractivity contribution < 1.29 is 23.9 Å². The third-order valence-electron chi connectivity index (χ3n) is 6.33. The summed E-state index contributed by atoms with van der Waals surface area (Å²) in [5.41, 5.74) is 6.13. The first-order valence-electron chi connectivity index (χ1n) is 13.0. The zero-order chi connectivity index (χ0) is 28.3. The van der Waals surface area contributed by atoms with Crippen molar-refractivity contribution in [2.45, 2.75) is 38.0 Å². The van der Waals surface area contributed by atoms with Crippen LogP contribution < -0.4 is 25.8 Å². The number of amidine groups is 1. The zero-order valence-corrected chi connectivity index (χ0v) is 22.8. The molecule has 0 aliphatic carbocycles. The highest BCUT2D eigenvalue weighted by molar-refractivity contribution is 7.10. The fourth-order valence-electron chi connectivity index (χ4n) is 4.31. The van der Waals surface area contributed by atoms with E-state index in [-0.39, 0.29) is 55.7 Å². The largest absolute Gasteiger partial charge is 0.494 e. The summed E-state index contributed by atoms with van der Waals surface area (Å²) in [7, 11) is 0. The Hall–Kier alpha value is -4.38. The van der Waals surface area contributed by atoms with E-state index in [2.05, 4.69) is 10.6 Å². The van der Waals surface area contributed by atoms with Gasteiger partial charge in [0.25, 0.3) is 0 Å². The molecule has 1 aliphatic rings. The number of para-hydroxylation sites is 2. The quantitative estimate of drug-likeness (QED) is 0.143. The van der Waals surface area contributed by atoms with Crippen LogP contribution in [0.4, 0.5) is 0 Å². The summed E-state index contributed by atoms with van der Waals surface area (Å²) in [4.78, 5) is 41.0. The number of nitrogen functional groups attached to an aromatic ring is 1. The van der Waals surface area contributed by atoms with Gasteiger partial charge in [0.2, 0.25) is 17.7 Å². The third kappa shape index (κ3) is 8.31. The summed E-state index contributed by atoms with van der Waals surface area (Å²) in [5, 5.41) is 14.9. The first-order valence-corrected chi connectivity index (χ1v) is 13.9. The Morgan fingerprint density at radius 1 is 1.02 bits per heavy atom. The maximum atomic E-state index is 13.2. The number of nitrogens with two attached hydrogens (primary N) is 1. The molecular weight excluding hydrogens is 530 g/mol. The maximum Gasteiger partial charge on any atom is 0.243 e. The third-order valence-corrected chi connectivity index (χ3v) is 7.27. The number of nitrogens with one attached hydrogen (secondary N) is 3. The van der Waals surface area contributed by atoms with Crippen LogP contribution in [0.2, 0.25) is 0 Å². The van der Waals surface area contributed by atoms with Crippen LogP contribution in [-0.4, -0.2) is 60.3 Å². The van der Waals surface area contributed by atoms with Gasteiger partial charge in [-0.25, -0.2) is 0 Å². The lowest BCUT2D eigenvalue weighted by molar-refractivity contribution is -0.138. The van der Waals surface area contributed by atoms with Gasteiger partial charge < -0.3 is 30.7 Å². The van der Waals surface area contributed by atoms with Crippen LogP contribution in [0.3, 0.4) is 0 Å². The predicted molar refractivity (Wildman–Crippen MR) is 152 cm³/mol. The number of benzene rings is 2. The molecule has 5 N–H and O–H groups in total. The second kappa shape index (κ2) is 14.1. The molecule has 40 heavy (non-hydrogen) atoms. The van der Waals surface area contributed by atoms with Crippen molar-refractivity contribution in [2.75, 3.05) is 19.7 Å². The van der Waals surface area contributed by atoms with Crippen LogP contribution >= 0.6 is 11.3 Å². The molecule has 10 nitrogen and oxygen atoms in total. The van der Waals surface area contributed by atoms with Crippen LogP contribution in [0.15, 0.2) is 72.1 Å². The molecule has 2 heterocycles. The van der Waals surface area contributed by atoms with E-state index in [0.29, 0.717) is 30.8 Å². The molecule has 4 rings (SSSR count).